The lowest BCUT2D eigenvalue weighted by Gasteiger charge is -2.10. The van der Waals surface area contributed by atoms with E-state index in [2.05, 4.69) is 30.9 Å². The van der Waals surface area contributed by atoms with Crippen molar-refractivity contribution in [2.45, 2.75) is 13.0 Å². The Morgan fingerprint density at radius 3 is 2.94 bits per heavy atom. The van der Waals surface area contributed by atoms with E-state index in [0.717, 1.165) is 12.3 Å². The van der Waals surface area contributed by atoms with E-state index in [1.807, 2.05) is 0 Å². The number of hydrogen-bond donors (Lipinski definition) is 2. The topological polar surface area (TPSA) is 96.5 Å². The van der Waals surface area contributed by atoms with Crippen molar-refractivity contribution in [2.75, 3.05) is 0 Å². The van der Waals surface area contributed by atoms with Crippen LogP contribution in [0.3, 0.4) is 0 Å². The van der Waals surface area contributed by atoms with E-state index in [1.54, 1.807) is 6.92 Å². The molecule has 0 bridgehead atoms. The summed E-state index contributed by atoms with van der Waals surface area (Å²) < 4.78 is 26.1. The number of amides is 1. The zero-order chi connectivity index (χ0) is 13.1. The number of tetrazole rings is 1. The highest BCUT2D eigenvalue weighted by molar-refractivity contribution is 5.94. The van der Waals surface area contributed by atoms with Crippen LogP contribution in [0.15, 0.2) is 12.3 Å². The van der Waals surface area contributed by atoms with Gasteiger partial charge in [-0.3, -0.25) is 4.79 Å². The summed E-state index contributed by atoms with van der Waals surface area (Å²) in [6, 6.07) is 0.489. The third-order valence-electron chi connectivity index (χ3n) is 2.19. The molecule has 2 aromatic heterocycles. The number of halogens is 2. The molecule has 0 saturated heterocycles. The van der Waals surface area contributed by atoms with E-state index < -0.39 is 29.3 Å². The van der Waals surface area contributed by atoms with Gasteiger partial charge in [-0.05, 0) is 13.0 Å². The maximum absolute atomic E-state index is 13.3. The third-order valence-corrected chi connectivity index (χ3v) is 2.19. The fourth-order valence-corrected chi connectivity index (χ4v) is 1.29. The Hall–Kier alpha value is -2.45. The van der Waals surface area contributed by atoms with Gasteiger partial charge in [0.1, 0.15) is 0 Å². The van der Waals surface area contributed by atoms with Crippen LogP contribution in [0.5, 0.6) is 0 Å². The number of nitrogens with zero attached hydrogens (tertiary/aromatic N) is 4. The standard InChI is InChI=1S/C9H8F2N6O/c1-4(8-14-16-17-15-8)13-9(18)5-2-3-12-7(11)6(5)10/h2-4H,1H3,(H,13,18)(H,14,15,16,17). The first-order valence-corrected chi connectivity index (χ1v) is 4.94. The van der Waals surface area contributed by atoms with Gasteiger partial charge in [0, 0.05) is 6.20 Å². The lowest BCUT2D eigenvalue weighted by molar-refractivity contribution is 0.0932. The number of H-pyrrole nitrogens is 1. The average Bonchev–Trinajstić information content (AvgIpc) is 2.86. The summed E-state index contributed by atoms with van der Waals surface area (Å²) in [5.74, 6) is -3.17. The molecule has 1 atom stereocenters. The maximum Gasteiger partial charge on any atom is 0.255 e. The first-order chi connectivity index (χ1) is 8.59. The van der Waals surface area contributed by atoms with Crippen LogP contribution in [0.25, 0.3) is 0 Å². The summed E-state index contributed by atoms with van der Waals surface area (Å²) in [5, 5.41) is 15.3. The van der Waals surface area contributed by atoms with E-state index in [9.17, 15) is 13.6 Å². The number of carbonyl (C=O) groups is 1. The van der Waals surface area contributed by atoms with Crippen LogP contribution in [-0.4, -0.2) is 31.5 Å². The molecule has 7 nitrogen and oxygen atoms in total. The van der Waals surface area contributed by atoms with Crippen molar-refractivity contribution in [2.24, 2.45) is 0 Å². The molecule has 2 rings (SSSR count). The van der Waals surface area contributed by atoms with Crippen molar-refractivity contribution < 1.29 is 13.6 Å². The molecule has 1 amide bonds. The van der Waals surface area contributed by atoms with Gasteiger partial charge in [-0.1, -0.05) is 5.21 Å². The Bertz CT molecular complexity index is 558. The predicted molar refractivity (Wildman–Crippen MR) is 54.2 cm³/mol. The molecule has 0 radical (unpaired) electrons. The van der Waals surface area contributed by atoms with Crippen LogP contribution >= 0.6 is 0 Å². The largest absolute Gasteiger partial charge is 0.342 e. The quantitative estimate of drug-likeness (QED) is 0.771. The molecule has 2 N–H and O–H groups in total. The SMILES string of the molecule is CC(NC(=O)c1ccnc(F)c1F)c1nn[nH]n1. The molecule has 2 aromatic rings. The fourth-order valence-electron chi connectivity index (χ4n) is 1.29. The van der Waals surface area contributed by atoms with Gasteiger partial charge in [-0.15, -0.1) is 10.2 Å². The Balaban J connectivity index is 2.15. The summed E-state index contributed by atoms with van der Waals surface area (Å²) in [4.78, 5) is 14.8. The highest BCUT2D eigenvalue weighted by Crippen LogP contribution is 2.11. The predicted octanol–water partition coefficient (Wildman–Crippen LogP) is 0.364. The van der Waals surface area contributed by atoms with Gasteiger partial charge < -0.3 is 5.32 Å². The summed E-state index contributed by atoms with van der Waals surface area (Å²) in [7, 11) is 0. The molecule has 0 fully saturated rings. The normalized spacial score (nSPS) is 12.2. The summed E-state index contributed by atoms with van der Waals surface area (Å²) in [6.45, 7) is 1.58. The monoisotopic (exact) mass is 254 g/mol. The second-order valence-corrected chi connectivity index (χ2v) is 3.43. The van der Waals surface area contributed by atoms with Crippen LogP contribution in [-0.2, 0) is 0 Å². The number of aromatic amines is 1. The zero-order valence-electron chi connectivity index (χ0n) is 9.19. The molecule has 0 saturated carbocycles. The highest BCUT2D eigenvalue weighted by Gasteiger charge is 2.19. The van der Waals surface area contributed by atoms with E-state index in [4.69, 9.17) is 0 Å². The highest BCUT2D eigenvalue weighted by atomic mass is 19.2. The second-order valence-electron chi connectivity index (χ2n) is 3.43. The summed E-state index contributed by atoms with van der Waals surface area (Å²) >= 11 is 0. The Labute approximate surface area is 99.6 Å². The van der Waals surface area contributed by atoms with Crippen molar-refractivity contribution in [3.63, 3.8) is 0 Å². The minimum atomic E-state index is -1.32. The minimum absolute atomic E-state index is 0.235. The van der Waals surface area contributed by atoms with Crippen molar-refractivity contribution >= 4 is 5.91 Å². The van der Waals surface area contributed by atoms with Crippen molar-refractivity contribution in [1.82, 2.24) is 30.9 Å². The minimum Gasteiger partial charge on any atom is -0.342 e. The number of hydrogen-bond acceptors (Lipinski definition) is 5. The van der Waals surface area contributed by atoms with Crippen LogP contribution < -0.4 is 5.32 Å². The Morgan fingerprint density at radius 1 is 1.50 bits per heavy atom. The van der Waals surface area contributed by atoms with E-state index in [1.165, 1.54) is 0 Å². The first-order valence-electron chi connectivity index (χ1n) is 4.94. The van der Waals surface area contributed by atoms with Crippen LogP contribution in [0.2, 0.25) is 0 Å². The Morgan fingerprint density at radius 2 is 2.28 bits per heavy atom. The van der Waals surface area contributed by atoms with Gasteiger partial charge in [0.15, 0.2) is 11.6 Å². The molecular weight excluding hydrogens is 246 g/mol. The molecule has 0 spiro atoms. The van der Waals surface area contributed by atoms with Gasteiger partial charge >= 0.3 is 0 Å². The fraction of sp³-hybridized carbons (Fsp3) is 0.222. The van der Waals surface area contributed by atoms with Gasteiger partial charge in [-0.2, -0.15) is 9.60 Å². The number of nitrogens with one attached hydrogen (secondary N) is 2. The van der Waals surface area contributed by atoms with Crippen molar-refractivity contribution in [3.05, 3.63) is 35.4 Å². The van der Waals surface area contributed by atoms with E-state index in [0.29, 0.717) is 0 Å². The first kappa shape index (κ1) is 12.0. The van der Waals surface area contributed by atoms with Gasteiger partial charge in [-0.25, -0.2) is 9.37 Å². The van der Waals surface area contributed by atoms with Crippen LogP contribution in [0.1, 0.15) is 29.1 Å². The molecule has 18 heavy (non-hydrogen) atoms. The molecule has 0 aliphatic rings. The van der Waals surface area contributed by atoms with Crippen molar-refractivity contribution in [3.8, 4) is 0 Å². The molecule has 2 heterocycles. The van der Waals surface area contributed by atoms with Crippen LogP contribution in [0, 0.1) is 11.8 Å². The lowest BCUT2D eigenvalue weighted by Crippen LogP contribution is -2.28. The molecule has 0 aromatic carbocycles. The van der Waals surface area contributed by atoms with Gasteiger partial charge in [0.25, 0.3) is 5.91 Å². The molecular formula is C9H8F2N6O. The third kappa shape index (κ3) is 2.29. The number of carbonyl (C=O) groups excluding carboxylic acids is 1. The molecule has 0 aliphatic heterocycles. The van der Waals surface area contributed by atoms with E-state index >= 15 is 0 Å². The molecule has 0 aliphatic carbocycles. The number of pyridine rings is 1. The second kappa shape index (κ2) is 4.82. The lowest BCUT2D eigenvalue weighted by atomic mass is 10.2. The summed E-state index contributed by atoms with van der Waals surface area (Å²) in [5.41, 5.74) is -0.433. The zero-order valence-corrected chi connectivity index (χ0v) is 9.19. The summed E-state index contributed by atoms with van der Waals surface area (Å²) in [6.07, 6.45) is 1.01. The van der Waals surface area contributed by atoms with Gasteiger partial charge in [0.2, 0.25) is 5.95 Å². The Kier molecular flexibility index (Phi) is 3.22. The van der Waals surface area contributed by atoms with Crippen molar-refractivity contribution in [1.29, 1.82) is 0 Å². The van der Waals surface area contributed by atoms with Gasteiger partial charge in [0.05, 0.1) is 11.6 Å². The molecule has 94 valence electrons. The molecule has 1 unspecified atom stereocenters. The number of aromatic nitrogens is 5. The molecule has 9 heteroatoms. The van der Waals surface area contributed by atoms with E-state index in [-0.39, 0.29) is 5.82 Å². The maximum atomic E-state index is 13.3. The average molecular weight is 254 g/mol. The van der Waals surface area contributed by atoms with Crippen LogP contribution in [0.4, 0.5) is 8.78 Å². The smallest absolute Gasteiger partial charge is 0.255 e. The number of rotatable bonds is 3.